The summed E-state index contributed by atoms with van der Waals surface area (Å²) in [6.45, 7) is 1.96. The summed E-state index contributed by atoms with van der Waals surface area (Å²) in [5.74, 6) is -1.83. The minimum Gasteiger partial charge on any atom is -0.481 e. The summed E-state index contributed by atoms with van der Waals surface area (Å²) in [4.78, 5) is 44.7. The molecule has 0 saturated carbocycles. The number of ether oxygens (including phenoxy) is 1. The first-order chi connectivity index (χ1) is 10.9. The Balaban J connectivity index is 2.48. The number of Topliss-reactive ketones (excluding diaryl/α,β-unsaturated/α-hetero) is 1. The van der Waals surface area contributed by atoms with Crippen LogP contribution in [0.25, 0.3) is 6.08 Å². The van der Waals surface area contributed by atoms with Crippen LogP contribution in [0.2, 0.25) is 0 Å². The molecule has 0 bridgehead atoms. The Labute approximate surface area is 132 Å². The van der Waals surface area contributed by atoms with Gasteiger partial charge in [0.15, 0.2) is 17.3 Å². The Morgan fingerprint density at radius 1 is 1.13 bits per heavy atom. The molecule has 124 valence electrons. The van der Waals surface area contributed by atoms with Crippen LogP contribution < -0.4 is 0 Å². The summed E-state index contributed by atoms with van der Waals surface area (Å²) in [6, 6.07) is 2.93. The zero-order chi connectivity index (χ0) is 17.2. The maximum Gasteiger partial charge on any atom is 0.306 e. The molecule has 1 aromatic rings. The van der Waals surface area contributed by atoms with Crippen molar-refractivity contribution < 1.29 is 33.4 Å². The van der Waals surface area contributed by atoms with E-state index in [0.29, 0.717) is 5.76 Å². The number of ketones is 2. The monoisotopic (exact) mass is 322 g/mol. The largest absolute Gasteiger partial charge is 0.481 e. The number of furan rings is 1. The van der Waals surface area contributed by atoms with Crippen molar-refractivity contribution in [2.75, 3.05) is 6.61 Å². The summed E-state index contributed by atoms with van der Waals surface area (Å²) in [6.07, 6.45) is 2.26. The highest BCUT2D eigenvalue weighted by atomic mass is 16.5. The van der Waals surface area contributed by atoms with Crippen molar-refractivity contribution in [3.8, 4) is 0 Å². The van der Waals surface area contributed by atoms with Gasteiger partial charge in [-0.25, -0.2) is 0 Å². The topological polar surface area (TPSA) is 111 Å². The third kappa shape index (κ3) is 7.21. The number of carbonyl (C=O) groups excluding carboxylic acids is 3. The first-order valence-electron chi connectivity index (χ1n) is 7.13. The van der Waals surface area contributed by atoms with Crippen molar-refractivity contribution in [1.82, 2.24) is 0 Å². The highest BCUT2D eigenvalue weighted by molar-refractivity contribution is 5.96. The van der Waals surface area contributed by atoms with Gasteiger partial charge in [-0.1, -0.05) is 0 Å². The number of carbonyl (C=O) groups is 4. The number of carboxylic acid groups (broad SMARTS) is 1. The molecule has 0 aromatic carbocycles. The number of hydrogen-bond donors (Lipinski definition) is 1. The second-order valence-corrected chi connectivity index (χ2v) is 4.62. The first kappa shape index (κ1) is 18.3. The van der Waals surface area contributed by atoms with E-state index in [0.717, 1.165) is 0 Å². The normalized spacial score (nSPS) is 10.7. The molecule has 7 nitrogen and oxygen atoms in total. The molecule has 0 spiro atoms. The van der Waals surface area contributed by atoms with Crippen LogP contribution in [-0.2, 0) is 19.1 Å². The zero-order valence-electron chi connectivity index (χ0n) is 12.7. The third-order valence-electron chi connectivity index (χ3n) is 2.78. The molecule has 1 N–H and O–H groups in total. The standard InChI is InChI=1S/C16H18O7/c1-2-22-16(21)10-4-11(17)3-5-12-6-8-14(23-12)13(18)7-9-15(19)20/h3,5-6,8H,2,4,7,9-10H2,1H3,(H,19,20). The lowest BCUT2D eigenvalue weighted by Crippen LogP contribution is -2.06. The molecule has 0 unspecified atom stereocenters. The minimum atomic E-state index is -1.06. The molecular weight excluding hydrogens is 304 g/mol. The molecule has 1 aromatic heterocycles. The Kier molecular flexibility index (Phi) is 7.45. The summed E-state index contributed by atoms with van der Waals surface area (Å²) >= 11 is 0. The van der Waals surface area contributed by atoms with Crippen LogP contribution in [0.1, 0.15) is 48.9 Å². The highest BCUT2D eigenvalue weighted by Gasteiger charge is 2.12. The fourth-order valence-electron chi connectivity index (χ4n) is 1.65. The Hall–Kier alpha value is -2.70. The average Bonchev–Trinajstić information content (AvgIpc) is 2.97. The van der Waals surface area contributed by atoms with E-state index >= 15 is 0 Å². The van der Waals surface area contributed by atoms with Crippen molar-refractivity contribution in [2.45, 2.75) is 32.6 Å². The van der Waals surface area contributed by atoms with Gasteiger partial charge in [0.25, 0.3) is 0 Å². The summed E-state index contributed by atoms with van der Waals surface area (Å²) in [5, 5.41) is 8.52. The molecule has 0 atom stereocenters. The van der Waals surface area contributed by atoms with E-state index < -0.39 is 17.7 Å². The Morgan fingerprint density at radius 2 is 1.87 bits per heavy atom. The molecule has 23 heavy (non-hydrogen) atoms. The van der Waals surface area contributed by atoms with Crippen molar-refractivity contribution >= 4 is 29.6 Å². The van der Waals surface area contributed by atoms with E-state index in [1.165, 1.54) is 24.3 Å². The van der Waals surface area contributed by atoms with Gasteiger partial charge in [0, 0.05) is 12.8 Å². The van der Waals surface area contributed by atoms with Crippen LogP contribution in [0, 0.1) is 0 Å². The van der Waals surface area contributed by atoms with Crippen LogP contribution in [-0.4, -0.2) is 35.2 Å². The molecular formula is C16H18O7. The second-order valence-electron chi connectivity index (χ2n) is 4.62. The van der Waals surface area contributed by atoms with Gasteiger partial charge >= 0.3 is 11.9 Å². The predicted octanol–water partition coefficient (Wildman–Crippen LogP) is 2.25. The van der Waals surface area contributed by atoms with Crippen molar-refractivity contribution in [3.63, 3.8) is 0 Å². The molecule has 0 aliphatic carbocycles. The average molecular weight is 322 g/mol. The number of aliphatic carboxylic acids is 1. The van der Waals surface area contributed by atoms with Gasteiger partial charge in [-0.3, -0.25) is 19.2 Å². The first-order valence-corrected chi connectivity index (χ1v) is 7.13. The molecule has 1 heterocycles. The van der Waals surface area contributed by atoms with Crippen LogP contribution in [0.15, 0.2) is 22.6 Å². The molecule has 0 aliphatic heterocycles. The lowest BCUT2D eigenvalue weighted by molar-refractivity contribution is -0.144. The number of rotatable bonds is 10. The van der Waals surface area contributed by atoms with Crippen molar-refractivity contribution in [1.29, 1.82) is 0 Å². The van der Waals surface area contributed by atoms with Crippen LogP contribution >= 0.6 is 0 Å². The molecule has 0 amide bonds. The molecule has 1 rings (SSSR count). The maximum absolute atomic E-state index is 11.6. The van der Waals surface area contributed by atoms with Crippen LogP contribution in [0.4, 0.5) is 0 Å². The molecule has 0 saturated heterocycles. The van der Waals surface area contributed by atoms with Gasteiger partial charge in [-0.15, -0.1) is 0 Å². The number of carboxylic acids is 1. The lowest BCUT2D eigenvalue weighted by atomic mass is 10.2. The van der Waals surface area contributed by atoms with E-state index in [1.54, 1.807) is 6.92 Å². The quantitative estimate of drug-likeness (QED) is 0.399. The predicted molar refractivity (Wildman–Crippen MR) is 79.8 cm³/mol. The zero-order valence-corrected chi connectivity index (χ0v) is 12.7. The number of esters is 1. The van der Waals surface area contributed by atoms with E-state index in [4.69, 9.17) is 14.3 Å². The maximum atomic E-state index is 11.6. The second kappa shape index (κ2) is 9.34. The third-order valence-corrected chi connectivity index (χ3v) is 2.78. The smallest absolute Gasteiger partial charge is 0.306 e. The molecule has 0 fully saturated rings. The summed E-state index contributed by atoms with van der Waals surface area (Å²) in [7, 11) is 0. The summed E-state index contributed by atoms with van der Waals surface area (Å²) in [5.41, 5.74) is 0. The van der Waals surface area contributed by atoms with E-state index in [1.807, 2.05) is 0 Å². The van der Waals surface area contributed by atoms with Crippen LogP contribution in [0.3, 0.4) is 0 Å². The Morgan fingerprint density at radius 3 is 2.52 bits per heavy atom. The van der Waals surface area contributed by atoms with Gasteiger partial charge < -0.3 is 14.3 Å². The van der Waals surface area contributed by atoms with E-state index in [9.17, 15) is 19.2 Å². The van der Waals surface area contributed by atoms with Crippen molar-refractivity contribution in [2.24, 2.45) is 0 Å². The van der Waals surface area contributed by atoms with Gasteiger partial charge in [-0.05, 0) is 31.2 Å². The van der Waals surface area contributed by atoms with E-state index in [2.05, 4.69) is 0 Å². The highest BCUT2D eigenvalue weighted by Crippen LogP contribution is 2.13. The molecule has 0 aliphatic rings. The molecule has 0 radical (unpaired) electrons. The van der Waals surface area contributed by atoms with E-state index in [-0.39, 0.29) is 43.8 Å². The minimum absolute atomic E-state index is 0.00803. The lowest BCUT2D eigenvalue weighted by Gasteiger charge is -1.98. The van der Waals surface area contributed by atoms with Crippen molar-refractivity contribution in [3.05, 3.63) is 29.7 Å². The fraction of sp³-hybridized carbons (Fsp3) is 0.375. The number of allylic oxidation sites excluding steroid dienone is 1. The Bertz CT molecular complexity index is 610. The fourth-order valence-corrected chi connectivity index (χ4v) is 1.65. The van der Waals surface area contributed by atoms with Gasteiger partial charge in [0.2, 0.25) is 0 Å². The SMILES string of the molecule is CCOC(=O)CCC(=O)C=Cc1ccc(C(=O)CCC(=O)O)o1. The summed E-state index contributed by atoms with van der Waals surface area (Å²) < 4.78 is 9.93. The van der Waals surface area contributed by atoms with Gasteiger partial charge in [0.1, 0.15) is 5.76 Å². The molecule has 7 heteroatoms. The van der Waals surface area contributed by atoms with Gasteiger partial charge in [0.05, 0.1) is 19.4 Å². The number of hydrogen-bond acceptors (Lipinski definition) is 6. The van der Waals surface area contributed by atoms with Gasteiger partial charge in [-0.2, -0.15) is 0 Å². The van der Waals surface area contributed by atoms with Crippen LogP contribution in [0.5, 0.6) is 0 Å².